The van der Waals surface area contributed by atoms with Crippen LogP contribution in [0, 0.1) is 0 Å². The average molecular weight is 707 g/mol. The van der Waals surface area contributed by atoms with E-state index in [9.17, 15) is 14.3 Å². The Kier molecular flexibility index (Phi) is 33.3. The molecule has 0 bridgehead atoms. The van der Waals surface area contributed by atoms with Crippen LogP contribution in [0.1, 0.15) is 187 Å². The van der Waals surface area contributed by atoms with Crippen molar-refractivity contribution in [2.24, 2.45) is 0 Å². The van der Waals surface area contributed by atoms with Gasteiger partial charge in [0.2, 0.25) is 0 Å². The number of hydrogen-bond donors (Lipinski definition) is 1. The van der Waals surface area contributed by atoms with Crippen LogP contribution < -0.4 is 0 Å². The fourth-order valence-corrected chi connectivity index (χ4v) is 6.47. The first-order valence-corrected chi connectivity index (χ1v) is 21.8. The Labute approximate surface area is 298 Å². The monoisotopic (exact) mass is 707 g/mol. The molecule has 0 saturated heterocycles. The third-order valence-corrected chi connectivity index (χ3v) is 9.90. The molecule has 0 aliphatic carbocycles. The van der Waals surface area contributed by atoms with E-state index in [0.717, 1.165) is 32.1 Å². The first-order chi connectivity index (χ1) is 23.1. The number of likely N-dealkylation sites (N-methyl/N-ethyl adjacent to an activating group) is 1. The Bertz CT molecular complexity index is 746. The molecular formula is C39H81NO7P+. The normalized spacial score (nSPS) is 13.9. The van der Waals surface area contributed by atoms with Gasteiger partial charge >= 0.3 is 13.8 Å². The zero-order chi connectivity index (χ0) is 35.6. The van der Waals surface area contributed by atoms with Gasteiger partial charge in [0.05, 0.1) is 34.4 Å². The molecule has 2 unspecified atom stereocenters. The van der Waals surface area contributed by atoms with Crippen LogP contribution in [-0.2, 0) is 27.9 Å². The molecule has 8 nitrogen and oxygen atoms in total. The maximum absolute atomic E-state index is 12.6. The summed E-state index contributed by atoms with van der Waals surface area (Å²) in [5, 5.41) is 0. The molecule has 0 rings (SSSR count). The Morgan fingerprint density at radius 1 is 0.562 bits per heavy atom. The predicted octanol–water partition coefficient (Wildman–Crippen LogP) is 11.3. The molecule has 0 aromatic heterocycles. The van der Waals surface area contributed by atoms with E-state index in [1.54, 1.807) is 0 Å². The summed E-state index contributed by atoms with van der Waals surface area (Å²) < 4.78 is 34.9. The number of phosphoric acid groups is 1. The van der Waals surface area contributed by atoms with Crippen LogP contribution in [0.4, 0.5) is 0 Å². The summed E-state index contributed by atoms with van der Waals surface area (Å²) >= 11 is 0. The minimum absolute atomic E-state index is 0.0936. The quantitative estimate of drug-likeness (QED) is 0.0296. The van der Waals surface area contributed by atoms with E-state index in [2.05, 4.69) is 13.8 Å². The molecule has 0 fully saturated rings. The minimum atomic E-state index is -4.26. The molecule has 288 valence electrons. The number of hydrogen-bond acceptors (Lipinski definition) is 6. The summed E-state index contributed by atoms with van der Waals surface area (Å²) in [7, 11) is 1.68. The standard InChI is InChI=1S/C39H80NO7P/c1-6-8-10-12-14-16-18-20-21-23-25-27-29-31-34-44-36-38(37-46-48(42,43)45-35-33-40(3,4)5)47-39(41)32-30-28-26-24-22-19-17-15-13-11-9-7-2/h38H,6-37H2,1-5H3/p+1. The summed E-state index contributed by atoms with van der Waals surface area (Å²) in [5.74, 6) is -0.311. The van der Waals surface area contributed by atoms with Crippen molar-refractivity contribution in [3.05, 3.63) is 0 Å². The van der Waals surface area contributed by atoms with Crippen LogP contribution in [0.15, 0.2) is 0 Å². The Morgan fingerprint density at radius 2 is 0.958 bits per heavy atom. The molecule has 0 spiro atoms. The van der Waals surface area contributed by atoms with Crippen molar-refractivity contribution in [1.29, 1.82) is 0 Å². The summed E-state index contributed by atoms with van der Waals surface area (Å²) in [5.41, 5.74) is 0. The van der Waals surface area contributed by atoms with Gasteiger partial charge in [-0.3, -0.25) is 13.8 Å². The first kappa shape index (κ1) is 47.5. The van der Waals surface area contributed by atoms with Gasteiger partial charge in [-0.15, -0.1) is 0 Å². The maximum Gasteiger partial charge on any atom is 0.472 e. The number of nitrogens with zero attached hydrogens (tertiary/aromatic N) is 1. The van der Waals surface area contributed by atoms with Crippen molar-refractivity contribution in [2.45, 2.75) is 193 Å². The molecule has 2 atom stereocenters. The van der Waals surface area contributed by atoms with Gasteiger partial charge in [0.15, 0.2) is 0 Å². The van der Waals surface area contributed by atoms with Crippen LogP contribution in [0.2, 0.25) is 0 Å². The Morgan fingerprint density at radius 3 is 1.38 bits per heavy atom. The first-order valence-electron chi connectivity index (χ1n) is 20.3. The van der Waals surface area contributed by atoms with Crippen molar-refractivity contribution in [1.82, 2.24) is 0 Å². The van der Waals surface area contributed by atoms with Gasteiger partial charge in [-0.1, -0.05) is 168 Å². The van der Waals surface area contributed by atoms with E-state index >= 15 is 0 Å². The van der Waals surface area contributed by atoms with Gasteiger partial charge in [-0.05, 0) is 12.8 Å². The molecule has 0 saturated carbocycles. The molecule has 0 aromatic rings. The van der Waals surface area contributed by atoms with Crippen LogP contribution in [0.25, 0.3) is 0 Å². The lowest BCUT2D eigenvalue weighted by Crippen LogP contribution is -2.37. The van der Waals surface area contributed by atoms with Crippen molar-refractivity contribution >= 4 is 13.8 Å². The molecule has 0 aromatic carbocycles. The van der Waals surface area contributed by atoms with E-state index < -0.39 is 13.9 Å². The lowest BCUT2D eigenvalue weighted by Gasteiger charge is -2.24. The molecule has 0 radical (unpaired) electrons. The van der Waals surface area contributed by atoms with Gasteiger partial charge in [-0.25, -0.2) is 4.57 Å². The number of rotatable bonds is 38. The third kappa shape index (κ3) is 36.8. The number of phosphoric ester groups is 1. The molecule has 0 heterocycles. The number of quaternary nitrogens is 1. The van der Waals surface area contributed by atoms with Gasteiger partial charge < -0.3 is 18.9 Å². The number of esters is 1. The zero-order valence-corrected chi connectivity index (χ0v) is 33.4. The van der Waals surface area contributed by atoms with Crippen LogP contribution >= 0.6 is 7.82 Å². The van der Waals surface area contributed by atoms with Gasteiger partial charge in [0.25, 0.3) is 0 Å². The molecule has 0 amide bonds. The highest BCUT2D eigenvalue weighted by atomic mass is 31.2. The number of carbonyl (C=O) groups is 1. The molecular weight excluding hydrogens is 625 g/mol. The van der Waals surface area contributed by atoms with Crippen molar-refractivity contribution in [2.75, 3.05) is 54.1 Å². The van der Waals surface area contributed by atoms with Gasteiger partial charge in [0.1, 0.15) is 19.3 Å². The molecule has 0 aliphatic rings. The van der Waals surface area contributed by atoms with E-state index in [0.29, 0.717) is 24.1 Å². The molecule has 9 heteroatoms. The second kappa shape index (κ2) is 33.6. The fraction of sp³-hybridized carbons (Fsp3) is 0.974. The smallest absolute Gasteiger partial charge is 0.457 e. The van der Waals surface area contributed by atoms with E-state index in [1.165, 1.54) is 135 Å². The maximum atomic E-state index is 12.6. The largest absolute Gasteiger partial charge is 0.472 e. The fourth-order valence-electron chi connectivity index (χ4n) is 5.73. The van der Waals surface area contributed by atoms with Crippen LogP contribution in [0.5, 0.6) is 0 Å². The summed E-state index contributed by atoms with van der Waals surface area (Å²) in [4.78, 5) is 22.8. The topological polar surface area (TPSA) is 91.3 Å². The second-order valence-electron chi connectivity index (χ2n) is 15.0. The van der Waals surface area contributed by atoms with E-state index in [-0.39, 0.29) is 25.8 Å². The summed E-state index contributed by atoms with van der Waals surface area (Å²) in [6.07, 6.45) is 32.6. The highest BCUT2D eigenvalue weighted by molar-refractivity contribution is 7.47. The zero-order valence-electron chi connectivity index (χ0n) is 32.5. The minimum Gasteiger partial charge on any atom is -0.457 e. The molecule has 0 aliphatic heterocycles. The van der Waals surface area contributed by atoms with Crippen LogP contribution in [-0.4, -0.2) is 75.6 Å². The van der Waals surface area contributed by atoms with Gasteiger partial charge in [0, 0.05) is 13.0 Å². The lowest BCUT2D eigenvalue weighted by atomic mass is 10.0. The SMILES string of the molecule is CCCCCCCCCCCCCCCCOCC(COP(=O)(O)OCC[N+](C)(C)C)OC(=O)CCCCCCCCCCCCCC. The third-order valence-electron chi connectivity index (χ3n) is 8.92. The Balaban J connectivity index is 4.23. The van der Waals surface area contributed by atoms with E-state index in [4.69, 9.17) is 18.5 Å². The van der Waals surface area contributed by atoms with Crippen molar-refractivity contribution in [3.8, 4) is 0 Å². The average Bonchev–Trinajstić information content (AvgIpc) is 3.03. The van der Waals surface area contributed by atoms with E-state index in [1.807, 2.05) is 21.1 Å². The summed E-state index contributed by atoms with van der Waals surface area (Å²) in [6.45, 7) is 5.66. The predicted molar refractivity (Wildman–Crippen MR) is 201 cm³/mol. The van der Waals surface area contributed by atoms with Crippen molar-refractivity contribution in [3.63, 3.8) is 0 Å². The number of carbonyl (C=O) groups excluding carboxylic acids is 1. The number of ether oxygens (including phenoxy) is 2. The van der Waals surface area contributed by atoms with Gasteiger partial charge in [-0.2, -0.15) is 0 Å². The Hall–Kier alpha value is -0.500. The number of unbranched alkanes of at least 4 members (excludes halogenated alkanes) is 24. The van der Waals surface area contributed by atoms with Crippen molar-refractivity contribution < 1.29 is 37.3 Å². The summed E-state index contributed by atoms with van der Waals surface area (Å²) in [6, 6.07) is 0. The van der Waals surface area contributed by atoms with Crippen LogP contribution in [0.3, 0.4) is 0 Å². The second-order valence-corrected chi connectivity index (χ2v) is 16.5. The highest BCUT2D eigenvalue weighted by Gasteiger charge is 2.26. The molecule has 48 heavy (non-hydrogen) atoms. The lowest BCUT2D eigenvalue weighted by molar-refractivity contribution is -0.870. The highest BCUT2D eigenvalue weighted by Crippen LogP contribution is 2.43. The molecule has 1 N–H and O–H groups in total.